The maximum Gasteiger partial charge on any atom is 0.263 e. The Balaban J connectivity index is 0.00000205. The number of hydrogen-bond acceptors (Lipinski definition) is 7. The van der Waals surface area contributed by atoms with Crippen molar-refractivity contribution >= 4 is 29.9 Å². The van der Waals surface area contributed by atoms with Crippen LogP contribution < -0.4 is 15.9 Å². The van der Waals surface area contributed by atoms with Gasteiger partial charge < -0.3 is 10.2 Å². The van der Waals surface area contributed by atoms with Gasteiger partial charge in [-0.2, -0.15) is 0 Å². The van der Waals surface area contributed by atoms with Gasteiger partial charge >= 0.3 is 0 Å². The van der Waals surface area contributed by atoms with E-state index in [0.29, 0.717) is 29.6 Å². The van der Waals surface area contributed by atoms with Gasteiger partial charge in [-0.05, 0) is 62.4 Å². The minimum absolute atomic E-state index is 0. The summed E-state index contributed by atoms with van der Waals surface area (Å²) >= 11 is 0. The molecular weight excluding hydrogens is 396 g/mol. The second-order valence-corrected chi connectivity index (χ2v) is 8.24. The summed E-state index contributed by atoms with van der Waals surface area (Å²) in [5, 5.41) is 3.46. The molecule has 29 heavy (non-hydrogen) atoms. The van der Waals surface area contributed by atoms with Crippen LogP contribution in [0.5, 0.6) is 0 Å². The molecular formula is C20H27ClN4O4. The van der Waals surface area contributed by atoms with Crippen LogP contribution in [0.15, 0.2) is 18.2 Å². The molecule has 8 nitrogen and oxygen atoms in total. The fraction of sp³-hybridized carbons (Fsp3) is 0.600. The zero-order chi connectivity index (χ0) is 19.1. The van der Waals surface area contributed by atoms with E-state index >= 15 is 0 Å². The van der Waals surface area contributed by atoms with Crippen molar-refractivity contribution in [2.75, 3.05) is 37.7 Å². The number of rotatable bonds is 2. The summed E-state index contributed by atoms with van der Waals surface area (Å²) in [5.74, 6) is -0.588. The number of carbonyl (C=O) groups excluding carboxylic acids is 2. The lowest BCUT2D eigenvalue weighted by Crippen LogP contribution is -2.47. The van der Waals surface area contributed by atoms with Crippen LogP contribution in [0.25, 0.3) is 0 Å². The van der Waals surface area contributed by atoms with Crippen LogP contribution in [0.2, 0.25) is 0 Å². The maximum absolute atomic E-state index is 12.9. The molecule has 0 aliphatic carbocycles. The molecule has 9 heteroatoms. The Kier molecular flexibility index (Phi) is 5.81. The van der Waals surface area contributed by atoms with Crippen molar-refractivity contribution in [1.82, 2.24) is 15.9 Å². The third-order valence-corrected chi connectivity index (χ3v) is 6.75. The number of benzene rings is 1. The molecule has 3 saturated heterocycles. The summed E-state index contributed by atoms with van der Waals surface area (Å²) in [4.78, 5) is 39.4. The third-order valence-electron chi connectivity index (χ3n) is 6.75. The Labute approximate surface area is 176 Å². The molecule has 4 aliphatic heterocycles. The lowest BCUT2D eigenvalue weighted by atomic mass is 9.71. The standard InChI is InChI=1S/C20H26N4O4.ClH/c25-18-15-2-1-14(23-10-6-20(7-11-23)4-8-21-9-5-20)13-16(15)19(26)24(18)17-3-12-27-22-28-17;/h1-2,13,17,21-22H,3-12H2;1H. The molecule has 1 spiro atoms. The van der Waals surface area contributed by atoms with Crippen LogP contribution in [-0.4, -0.2) is 55.7 Å². The number of fused-ring (bicyclic) bond motifs is 1. The molecule has 2 N–H and O–H groups in total. The molecule has 0 aromatic heterocycles. The first-order chi connectivity index (χ1) is 13.7. The van der Waals surface area contributed by atoms with Crippen molar-refractivity contribution in [1.29, 1.82) is 0 Å². The number of piperidine rings is 2. The summed E-state index contributed by atoms with van der Waals surface area (Å²) in [5.41, 5.74) is 4.74. The fourth-order valence-electron chi connectivity index (χ4n) is 4.93. The van der Waals surface area contributed by atoms with E-state index in [2.05, 4.69) is 15.9 Å². The zero-order valence-electron chi connectivity index (χ0n) is 16.3. The summed E-state index contributed by atoms with van der Waals surface area (Å²) in [7, 11) is 0. The van der Waals surface area contributed by atoms with Crippen LogP contribution in [-0.2, 0) is 9.68 Å². The smallest absolute Gasteiger partial charge is 0.263 e. The number of carbonyl (C=O) groups is 2. The normalized spacial score (nSPS) is 26.4. The van der Waals surface area contributed by atoms with E-state index in [4.69, 9.17) is 9.68 Å². The van der Waals surface area contributed by atoms with E-state index in [1.807, 2.05) is 12.1 Å². The third kappa shape index (κ3) is 3.64. The van der Waals surface area contributed by atoms with Gasteiger partial charge in [0.1, 0.15) is 0 Å². The van der Waals surface area contributed by atoms with Crippen LogP contribution in [0.1, 0.15) is 52.8 Å². The average Bonchev–Trinajstić information content (AvgIpc) is 3.00. The van der Waals surface area contributed by atoms with Gasteiger partial charge in [0.25, 0.3) is 11.8 Å². The number of hydrogen-bond donors (Lipinski definition) is 2. The van der Waals surface area contributed by atoms with E-state index in [0.717, 1.165) is 31.9 Å². The lowest BCUT2D eigenvalue weighted by molar-refractivity contribution is -0.259. The van der Waals surface area contributed by atoms with Gasteiger partial charge in [-0.3, -0.25) is 19.3 Å². The Morgan fingerprint density at radius 3 is 2.41 bits per heavy atom. The zero-order valence-corrected chi connectivity index (χ0v) is 17.1. The minimum atomic E-state index is -0.639. The molecule has 1 aromatic carbocycles. The minimum Gasteiger partial charge on any atom is -0.371 e. The SMILES string of the molecule is Cl.O=C1c2ccc(N3CCC4(CCNCC4)CC3)cc2C(=O)N1C1CCONO1. The molecule has 2 amide bonds. The second-order valence-electron chi connectivity index (χ2n) is 8.24. The number of imide groups is 1. The molecule has 0 saturated carbocycles. The van der Waals surface area contributed by atoms with E-state index in [9.17, 15) is 9.59 Å². The molecule has 158 valence electrons. The molecule has 0 radical (unpaired) electrons. The highest BCUT2D eigenvalue weighted by Crippen LogP contribution is 2.41. The van der Waals surface area contributed by atoms with E-state index in [1.54, 1.807) is 6.07 Å². The van der Waals surface area contributed by atoms with Crippen molar-refractivity contribution in [3.05, 3.63) is 29.3 Å². The second kappa shape index (κ2) is 8.20. The Hall–Kier alpha value is -1.71. The van der Waals surface area contributed by atoms with Crippen molar-refractivity contribution in [2.24, 2.45) is 5.41 Å². The summed E-state index contributed by atoms with van der Waals surface area (Å²) in [6, 6.07) is 5.63. The van der Waals surface area contributed by atoms with Crippen molar-refractivity contribution in [3.63, 3.8) is 0 Å². The highest BCUT2D eigenvalue weighted by molar-refractivity contribution is 6.21. The molecule has 1 aromatic rings. The maximum atomic E-state index is 12.9. The van der Waals surface area contributed by atoms with Gasteiger partial charge in [-0.15, -0.1) is 12.4 Å². The summed E-state index contributed by atoms with van der Waals surface area (Å²) < 4.78 is 0. The van der Waals surface area contributed by atoms with Gasteiger partial charge in [0.2, 0.25) is 0 Å². The lowest BCUT2D eigenvalue weighted by Gasteiger charge is -2.45. The van der Waals surface area contributed by atoms with E-state index in [-0.39, 0.29) is 24.2 Å². The van der Waals surface area contributed by atoms with Gasteiger partial charge in [0, 0.05) is 25.2 Å². The van der Waals surface area contributed by atoms with Crippen molar-refractivity contribution < 1.29 is 19.3 Å². The van der Waals surface area contributed by atoms with Gasteiger partial charge in [0.15, 0.2) is 6.23 Å². The molecule has 4 aliphatic rings. The van der Waals surface area contributed by atoms with Gasteiger partial charge in [0.05, 0.1) is 17.7 Å². The van der Waals surface area contributed by atoms with Gasteiger partial charge in [-0.1, -0.05) is 5.64 Å². The fourth-order valence-corrected chi connectivity index (χ4v) is 4.93. The number of amides is 2. The van der Waals surface area contributed by atoms with Gasteiger partial charge in [-0.25, -0.2) is 4.90 Å². The number of halogens is 1. The summed E-state index contributed by atoms with van der Waals surface area (Å²) in [6.07, 6.45) is 4.70. The first-order valence-corrected chi connectivity index (χ1v) is 10.2. The quantitative estimate of drug-likeness (QED) is 0.704. The first kappa shape index (κ1) is 20.6. The Morgan fingerprint density at radius 1 is 1.00 bits per heavy atom. The monoisotopic (exact) mass is 422 g/mol. The highest BCUT2D eigenvalue weighted by Gasteiger charge is 2.42. The Bertz CT molecular complexity index is 783. The molecule has 1 atom stereocenters. The predicted octanol–water partition coefficient (Wildman–Crippen LogP) is 1.86. The highest BCUT2D eigenvalue weighted by atomic mass is 35.5. The first-order valence-electron chi connectivity index (χ1n) is 10.2. The topological polar surface area (TPSA) is 83.1 Å². The van der Waals surface area contributed by atoms with E-state index in [1.165, 1.54) is 30.6 Å². The molecule has 3 fully saturated rings. The van der Waals surface area contributed by atoms with Crippen molar-refractivity contribution in [2.45, 2.75) is 38.3 Å². The molecule has 4 heterocycles. The number of anilines is 1. The van der Waals surface area contributed by atoms with Crippen LogP contribution >= 0.6 is 12.4 Å². The predicted molar refractivity (Wildman–Crippen MR) is 109 cm³/mol. The average molecular weight is 423 g/mol. The molecule has 5 rings (SSSR count). The van der Waals surface area contributed by atoms with Crippen LogP contribution in [0.4, 0.5) is 5.69 Å². The van der Waals surface area contributed by atoms with Crippen molar-refractivity contribution in [3.8, 4) is 0 Å². The van der Waals surface area contributed by atoms with Crippen LogP contribution in [0.3, 0.4) is 0 Å². The molecule has 1 unspecified atom stereocenters. The number of nitrogens with one attached hydrogen (secondary N) is 2. The molecule has 0 bridgehead atoms. The Morgan fingerprint density at radius 2 is 1.72 bits per heavy atom. The number of nitrogens with zero attached hydrogens (tertiary/aromatic N) is 2. The van der Waals surface area contributed by atoms with Crippen LogP contribution in [0, 0.1) is 5.41 Å². The largest absolute Gasteiger partial charge is 0.371 e. The summed E-state index contributed by atoms with van der Waals surface area (Å²) in [6.45, 7) is 4.62. The van der Waals surface area contributed by atoms with E-state index < -0.39 is 6.23 Å².